The molecule has 0 saturated carbocycles. The highest BCUT2D eigenvalue weighted by atomic mass is 35.5. The van der Waals surface area contributed by atoms with Crippen LogP contribution in [0.1, 0.15) is 13.3 Å². The summed E-state index contributed by atoms with van der Waals surface area (Å²) < 4.78 is 0. The molecule has 1 aromatic rings. The summed E-state index contributed by atoms with van der Waals surface area (Å²) in [6, 6.07) is 3.22. The van der Waals surface area contributed by atoms with Crippen molar-refractivity contribution in [3.05, 3.63) is 23.5 Å². The second-order valence-electron chi connectivity index (χ2n) is 4.53. The fourth-order valence-corrected chi connectivity index (χ4v) is 2.39. The molecule has 1 aliphatic rings. The van der Waals surface area contributed by atoms with Crippen molar-refractivity contribution in [2.45, 2.75) is 19.4 Å². The third-order valence-electron chi connectivity index (χ3n) is 3.31. The molecule has 1 fully saturated rings. The predicted molar refractivity (Wildman–Crippen MR) is 70.2 cm³/mol. The van der Waals surface area contributed by atoms with Gasteiger partial charge in [-0.2, -0.15) is 0 Å². The molecule has 1 amide bonds. The number of amides is 1. The monoisotopic (exact) mass is 269 g/mol. The average molecular weight is 270 g/mol. The molecule has 2 atom stereocenters. The smallest absolute Gasteiger partial charge is 0.412 e. The molecule has 1 aliphatic heterocycles. The van der Waals surface area contributed by atoms with Crippen molar-refractivity contribution >= 4 is 23.4 Å². The molecule has 1 saturated heterocycles. The highest BCUT2D eigenvalue weighted by Gasteiger charge is 2.31. The lowest BCUT2D eigenvalue weighted by atomic mass is 9.93. The van der Waals surface area contributed by atoms with Crippen LogP contribution >= 0.6 is 11.6 Å². The minimum absolute atomic E-state index is 0.0702. The topological polar surface area (TPSA) is 65.5 Å². The van der Waals surface area contributed by atoms with E-state index < -0.39 is 6.09 Å². The first-order valence-corrected chi connectivity index (χ1v) is 6.32. The van der Waals surface area contributed by atoms with E-state index in [0.29, 0.717) is 23.3 Å². The van der Waals surface area contributed by atoms with Crippen LogP contribution in [0.5, 0.6) is 0 Å². The number of nitrogens with one attached hydrogen (secondary N) is 1. The van der Waals surface area contributed by atoms with Crippen LogP contribution in [0.15, 0.2) is 18.3 Å². The lowest BCUT2D eigenvalue weighted by Gasteiger charge is -2.37. The number of anilines is 1. The zero-order valence-corrected chi connectivity index (χ0v) is 10.9. The normalized spacial score (nSPS) is 23.7. The van der Waals surface area contributed by atoms with E-state index in [9.17, 15) is 9.90 Å². The number of carboxylic acid groups (broad SMARTS) is 1. The van der Waals surface area contributed by atoms with Crippen molar-refractivity contribution in [1.82, 2.24) is 10.3 Å². The molecule has 2 N–H and O–H groups in total. The van der Waals surface area contributed by atoms with Crippen molar-refractivity contribution in [3.63, 3.8) is 0 Å². The van der Waals surface area contributed by atoms with Gasteiger partial charge >= 0.3 is 6.09 Å². The van der Waals surface area contributed by atoms with Crippen LogP contribution in [0.2, 0.25) is 5.15 Å². The Balaban J connectivity index is 2.27. The Bertz CT molecular complexity index is 424. The minimum atomic E-state index is -0.959. The van der Waals surface area contributed by atoms with Gasteiger partial charge in [-0.3, -0.25) is 4.90 Å². The Morgan fingerprint density at radius 1 is 1.61 bits per heavy atom. The Morgan fingerprint density at radius 2 is 2.39 bits per heavy atom. The van der Waals surface area contributed by atoms with Crippen LogP contribution in [0, 0.1) is 5.92 Å². The Hall–Kier alpha value is -1.33. The van der Waals surface area contributed by atoms with Crippen molar-refractivity contribution < 1.29 is 9.90 Å². The Morgan fingerprint density at radius 3 is 2.94 bits per heavy atom. The highest BCUT2D eigenvalue weighted by Crippen LogP contribution is 2.24. The van der Waals surface area contributed by atoms with Gasteiger partial charge in [0.05, 0.1) is 17.9 Å². The van der Waals surface area contributed by atoms with Gasteiger partial charge in [-0.1, -0.05) is 18.5 Å². The molecular formula is C12H16ClN3O2. The van der Waals surface area contributed by atoms with Gasteiger partial charge in [0.2, 0.25) is 0 Å². The molecule has 2 heterocycles. The number of nitrogens with zero attached hydrogens (tertiary/aromatic N) is 2. The van der Waals surface area contributed by atoms with Crippen LogP contribution in [0.3, 0.4) is 0 Å². The summed E-state index contributed by atoms with van der Waals surface area (Å²) in [6.45, 7) is 3.67. The first-order valence-electron chi connectivity index (χ1n) is 5.94. The van der Waals surface area contributed by atoms with Crippen LogP contribution < -0.4 is 10.2 Å². The van der Waals surface area contributed by atoms with Gasteiger partial charge < -0.3 is 10.4 Å². The molecule has 0 spiro atoms. The SMILES string of the molecule is C[C@@H]1CCNC[C@@H]1N(C(=O)O)c1ccc(Cl)nc1. The zero-order chi connectivity index (χ0) is 13.1. The van der Waals surface area contributed by atoms with Crippen LogP contribution in [-0.2, 0) is 0 Å². The summed E-state index contributed by atoms with van der Waals surface area (Å²) >= 11 is 5.72. The summed E-state index contributed by atoms with van der Waals surface area (Å²) in [5, 5.41) is 13.0. The summed E-state index contributed by atoms with van der Waals surface area (Å²) in [5.74, 6) is 0.318. The van der Waals surface area contributed by atoms with Crippen molar-refractivity contribution in [3.8, 4) is 0 Å². The number of piperidine rings is 1. The average Bonchev–Trinajstić information content (AvgIpc) is 2.34. The zero-order valence-electron chi connectivity index (χ0n) is 10.1. The van der Waals surface area contributed by atoms with E-state index in [-0.39, 0.29) is 6.04 Å². The number of hydrogen-bond donors (Lipinski definition) is 2. The number of rotatable bonds is 2. The summed E-state index contributed by atoms with van der Waals surface area (Å²) in [7, 11) is 0. The second kappa shape index (κ2) is 5.54. The number of hydrogen-bond acceptors (Lipinski definition) is 3. The van der Waals surface area contributed by atoms with Crippen molar-refractivity contribution in [2.24, 2.45) is 5.92 Å². The van der Waals surface area contributed by atoms with Crippen molar-refractivity contribution in [1.29, 1.82) is 0 Å². The van der Waals surface area contributed by atoms with Gasteiger partial charge in [-0.25, -0.2) is 9.78 Å². The molecule has 0 bridgehead atoms. The van der Waals surface area contributed by atoms with Crippen molar-refractivity contribution in [2.75, 3.05) is 18.0 Å². The van der Waals surface area contributed by atoms with E-state index in [4.69, 9.17) is 11.6 Å². The van der Waals surface area contributed by atoms with Crippen LogP contribution in [0.4, 0.5) is 10.5 Å². The van der Waals surface area contributed by atoms with E-state index in [1.807, 2.05) is 0 Å². The molecular weight excluding hydrogens is 254 g/mol. The molecule has 5 nitrogen and oxygen atoms in total. The molecule has 1 aromatic heterocycles. The summed E-state index contributed by atoms with van der Waals surface area (Å²) in [6.07, 6.45) is 1.51. The standard InChI is InChI=1S/C12H16ClN3O2/c1-8-4-5-14-7-10(8)16(12(17)18)9-2-3-11(13)15-6-9/h2-3,6,8,10,14H,4-5,7H2,1H3,(H,17,18)/t8-,10+/m1/s1. The van der Waals surface area contributed by atoms with Gasteiger partial charge in [-0.05, 0) is 31.0 Å². The molecule has 0 aliphatic carbocycles. The molecule has 0 aromatic carbocycles. The van der Waals surface area contributed by atoms with E-state index in [2.05, 4.69) is 17.2 Å². The largest absolute Gasteiger partial charge is 0.465 e. The first kappa shape index (κ1) is 13.1. The Kier molecular flexibility index (Phi) is 4.04. The highest BCUT2D eigenvalue weighted by molar-refractivity contribution is 6.29. The number of aromatic nitrogens is 1. The predicted octanol–water partition coefficient (Wildman–Crippen LogP) is 2.22. The quantitative estimate of drug-likeness (QED) is 0.808. The van der Waals surface area contributed by atoms with Gasteiger partial charge in [0.1, 0.15) is 5.15 Å². The van der Waals surface area contributed by atoms with E-state index >= 15 is 0 Å². The maximum Gasteiger partial charge on any atom is 0.412 e. The van der Waals surface area contributed by atoms with Gasteiger partial charge in [0.15, 0.2) is 0 Å². The lowest BCUT2D eigenvalue weighted by Crippen LogP contribution is -2.52. The van der Waals surface area contributed by atoms with Crippen LogP contribution in [-0.4, -0.2) is 35.3 Å². The maximum atomic E-state index is 11.5. The van der Waals surface area contributed by atoms with E-state index in [0.717, 1.165) is 13.0 Å². The molecule has 6 heteroatoms. The summed E-state index contributed by atoms with van der Waals surface area (Å²) in [4.78, 5) is 16.8. The van der Waals surface area contributed by atoms with Gasteiger partial charge in [0, 0.05) is 6.54 Å². The van der Waals surface area contributed by atoms with E-state index in [1.54, 1.807) is 12.1 Å². The molecule has 0 unspecified atom stereocenters. The van der Waals surface area contributed by atoms with Gasteiger partial charge in [-0.15, -0.1) is 0 Å². The maximum absolute atomic E-state index is 11.5. The third kappa shape index (κ3) is 2.73. The lowest BCUT2D eigenvalue weighted by molar-refractivity contribution is 0.192. The first-order chi connectivity index (χ1) is 8.59. The third-order valence-corrected chi connectivity index (χ3v) is 3.54. The fraction of sp³-hybridized carbons (Fsp3) is 0.500. The van der Waals surface area contributed by atoms with Gasteiger partial charge in [0.25, 0.3) is 0 Å². The Labute approximate surface area is 111 Å². The molecule has 18 heavy (non-hydrogen) atoms. The number of carbonyl (C=O) groups is 1. The summed E-state index contributed by atoms with van der Waals surface area (Å²) in [5.41, 5.74) is 0.562. The number of halogens is 1. The molecule has 2 rings (SSSR count). The molecule has 98 valence electrons. The molecule has 0 radical (unpaired) electrons. The van der Waals surface area contributed by atoms with Crippen LogP contribution in [0.25, 0.3) is 0 Å². The number of pyridine rings is 1. The minimum Gasteiger partial charge on any atom is -0.465 e. The van der Waals surface area contributed by atoms with E-state index in [1.165, 1.54) is 11.1 Å². The second-order valence-corrected chi connectivity index (χ2v) is 4.92. The fourth-order valence-electron chi connectivity index (χ4n) is 2.27.